The number of halogens is 1. The first-order valence-electron chi connectivity index (χ1n) is 1.77. The van der Waals surface area contributed by atoms with Gasteiger partial charge in [-0.3, -0.25) is 16.0 Å². The molecule has 3 nitrogen and oxygen atoms in total. The minimum absolute atomic E-state index is 0.683. The minimum Gasteiger partial charge on any atom is -0.286 e. The second-order valence-corrected chi connectivity index (χ2v) is 2.73. The first kappa shape index (κ1) is 7.32. The van der Waals surface area contributed by atoms with Crippen LogP contribution in [0.1, 0.15) is 0 Å². The van der Waals surface area contributed by atoms with Crippen LogP contribution in [0.15, 0.2) is 4.99 Å². The van der Waals surface area contributed by atoms with Crippen molar-refractivity contribution in [2.75, 3.05) is 7.05 Å². The first-order chi connectivity index (χ1) is 3.12. The Morgan fingerprint density at radius 3 is 2.43 bits per heavy atom. The van der Waals surface area contributed by atoms with Crippen LogP contribution in [-0.2, 0) is 0 Å². The fourth-order valence-electron chi connectivity index (χ4n) is 0.0791. The molecule has 0 aromatic rings. The molecular formula is C3H8IN3. The van der Waals surface area contributed by atoms with Gasteiger partial charge in [0.25, 0.3) is 0 Å². The van der Waals surface area contributed by atoms with Crippen LogP contribution in [0.5, 0.6) is 0 Å². The summed E-state index contributed by atoms with van der Waals surface area (Å²) < 4.78 is -0.683. The third-order valence-electron chi connectivity index (χ3n) is 0.581. The van der Waals surface area contributed by atoms with Crippen LogP contribution in [0.3, 0.4) is 0 Å². The van der Waals surface area contributed by atoms with Crippen molar-refractivity contribution in [3.8, 4) is 0 Å². The Balaban J connectivity index is 3.58. The van der Waals surface area contributed by atoms with Gasteiger partial charge in [0.05, 0.1) is 0 Å². The van der Waals surface area contributed by atoms with Crippen molar-refractivity contribution in [2.45, 2.75) is 3.79 Å². The summed E-state index contributed by atoms with van der Waals surface area (Å²) in [5.74, 6) is 0. The van der Waals surface area contributed by atoms with E-state index in [9.17, 15) is 0 Å². The Bertz CT molecular complexity index is 70.6. The van der Waals surface area contributed by atoms with E-state index in [2.05, 4.69) is 17.0 Å². The van der Waals surface area contributed by atoms with Gasteiger partial charge in [-0.15, -0.1) is 0 Å². The summed E-state index contributed by atoms with van der Waals surface area (Å²) in [6.07, 6.45) is 0. The lowest BCUT2D eigenvalue weighted by Crippen LogP contribution is -2.43. The summed E-state index contributed by atoms with van der Waals surface area (Å²) in [4.78, 5) is 3.54. The molecule has 0 fully saturated rings. The van der Waals surface area contributed by atoms with Gasteiger partial charge in [0.2, 0.25) is 3.79 Å². The molecule has 1 unspecified atom stereocenters. The predicted molar refractivity (Wildman–Crippen MR) is 39.5 cm³/mol. The molecule has 0 aliphatic carbocycles. The third kappa shape index (κ3) is 2.95. The van der Waals surface area contributed by atoms with Crippen molar-refractivity contribution in [1.82, 2.24) is 5.32 Å². The van der Waals surface area contributed by atoms with Crippen molar-refractivity contribution < 1.29 is 0 Å². The van der Waals surface area contributed by atoms with Gasteiger partial charge in [-0.2, -0.15) is 0 Å². The monoisotopic (exact) mass is 213 g/mol. The highest BCUT2D eigenvalue weighted by Crippen LogP contribution is 2.04. The summed E-state index contributed by atoms with van der Waals surface area (Å²) in [7, 11) is 1.72. The Hall–Kier alpha value is 0.320. The highest BCUT2D eigenvalue weighted by Gasteiger charge is 2.10. The van der Waals surface area contributed by atoms with E-state index in [-0.39, 0.29) is 0 Å². The molecule has 0 saturated heterocycles. The second kappa shape index (κ2) is 2.58. The number of nitrogens with two attached hydrogens (primary N) is 1. The smallest absolute Gasteiger partial charge is 0.214 e. The summed E-state index contributed by atoms with van der Waals surface area (Å²) >= 11 is 1.94. The Morgan fingerprint density at radius 2 is 2.43 bits per heavy atom. The molecule has 7 heavy (non-hydrogen) atoms. The van der Waals surface area contributed by atoms with Crippen LogP contribution in [0.25, 0.3) is 0 Å². The fourth-order valence-corrected chi connectivity index (χ4v) is 0.0791. The van der Waals surface area contributed by atoms with Crippen LogP contribution in [-0.4, -0.2) is 17.6 Å². The van der Waals surface area contributed by atoms with E-state index in [1.807, 2.05) is 22.6 Å². The zero-order chi connectivity index (χ0) is 5.91. The summed E-state index contributed by atoms with van der Waals surface area (Å²) in [5, 5.41) is 2.73. The van der Waals surface area contributed by atoms with Crippen molar-refractivity contribution in [3.63, 3.8) is 0 Å². The van der Waals surface area contributed by atoms with E-state index in [1.54, 1.807) is 7.05 Å². The molecule has 0 rings (SSSR count). The molecule has 0 aromatic carbocycles. The molecule has 0 heterocycles. The molecule has 3 N–H and O–H groups in total. The Morgan fingerprint density at radius 1 is 2.00 bits per heavy atom. The van der Waals surface area contributed by atoms with E-state index in [0.717, 1.165) is 0 Å². The van der Waals surface area contributed by atoms with Crippen molar-refractivity contribution in [1.29, 1.82) is 0 Å². The van der Waals surface area contributed by atoms with E-state index in [4.69, 9.17) is 5.73 Å². The van der Waals surface area contributed by atoms with Crippen molar-refractivity contribution in [2.24, 2.45) is 10.7 Å². The summed E-state index contributed by atoms with van der Waals surface area (Å²) in [6.45, 7) is 3.26. The average molecular weight is 213 g/mol. The average Bonchev–Trinajstić information content (AvgIpc) is 1.68. The number of hydrogen-bond donors (Lipinski definition) is 2. The number of nitrogens with one attached hydrogen (secondary N) is 1. The predicted octanol–water partition coefficient (Wildman–Crippen LogP) is -0.0886. The van der Waals surface area contributed by atoms with Gasteiger partial charge in [0.1, 0.15) is 0 Å². The Kier molecular flexibility index (Phi) is 2.70. The normalized spacial score (nSPS) is 18.1. The minimum atomic E-state index is -0.683. The third-order valence-corrected chi connectivity index (χ3v) is 1.46. The highest BCUT2D eigenvalue weighted by molar-refractivity contribution is 14.1. The maximum Gasteiger partial charge on any atom is 0.214 e. The molecule has 1 atom stereocenters. The number of rotatable bonds is 2. The van der Waals surface area contributed by atoms with E-state index in [1.165, 1.54) is 0 Å². The van der Waals surface area contributed by atoms with Crippen LogP contribution in [0.2, 0.25) is 0 Å². The molecule has 0 aromatic heterocycles. The maximum atomic E-state index is 5.36. The number of nitrogens with zero attached hydrogens (tertiary/aromatic N) is 1. The van der Waals surface area contributed by atoms with E-state index in [0.29, 0.717) is 0 Å². The molecule has 0 aliphatic heterocycles. The quantitative estimate of drug-likeness (QED) is 0.221. The summed E-state index contributed by atoms with van der Waals surface area (Å²) in [6, 6.07) is 0. The first-order valence-corrected chi connectivity index (χ1v) is 2.85. The van der Waals surface area contributed by atoms with Gasteiger partial charge in [-0.25, -0.2) is 0 Å². The number of hydrogen-bond acceptors (Lipinski definition) is 3. The standard InChI is InChI=1S/C3H8IN3/c1-6-3(4,5)7-2/h7H,1,5H2,2H3. The van der Waals surface area contributed by atoms with Crippen LogP contribution in [0.4, 0.5) is 0 Å². The lowest BCUT2D eigenvalue weighted by atomic mass is 10.9. The number of aliphatic imine (C=N–C) groups is 1. The van der Waals surface area contributed by atoms with Crippen LogP contribution < -0.4 is 11.1 Å². The molecule has 42 valence electrons. The SMILES string of the molecule is C=NC(N)(I)NC. The van der Waals surface area contributed by atoms with Crippen molar-refractivity contribution >= 4 is 29.3 Å². The topological polar surface area (TPSA) is 50.4 Å². The van der Waals surface area contributed by atoms with Gasteiger partial charge in [-0.1, -0.05) is 0 Å². The van der Waals surface area contributed by atoms with E-state index >= 15 is 0 Å². The van der Waals surface area contributed by atoms with Gasteiger partial charge in [0.15, 0.2) is 0 Å². The van der Waals surface area contributed by atoms with Crippen LogP contribution in [0, 0.1) is 0 Å². The van der Waals surface area contributed by atoms with Gasteiger partial charge in [-0.05, 0) is 36.4 Å². The van der Waals surface area contributed by atoms with Gasteiger partial charge >= 0.3 is 0 Å². The molecule has 0 saturated carbocycles. The van der Waals surface area contributed by atoms with Crippen LogP contribution >= 0.6 is 22.6 Å². The fraction of sp³-hybridized carbons (Fsp3) is 0.667. The molecule has 0 spiro atoms. The molecule has 0 amide bonds. The van der Waals surface area contributed by atoms with Gasteiger partial charge < -0.3 is 0 Å². The van der Waals surface area contributed by atoms with Gasteiger partial charge in [0, 0.05) is 0 Å². The maximum absolute atomic E-state index is 5.36. The molecule has 0 bridgehead atoms. The van der Waals surface area contributed by atoms with Crippen molar-refractivity contribution in [3.05, 3.63) is 0 Å². The molecule has 0 aliphatic rings. The lowest BCUT2D eigenvalue weighted by molar-refractivity contribution is 0.590. The summed E-state index contributed by atoms with van der Waals surface area (Å²) in [5.41, 5.74) is 5.36. The zero-order valence-corrected chi connectivity index (χ0v) is 6.27. The molecule has 0 radical (unpaired) electrons. The largest absolute Gasteiger partial charge is 0.286 e. The lowest BCUT2D eigenvalue weighted by Gasteiger charge is -2.13. The highest BCUT2D eigenvalue weighted by atomic mass is 127. The zero-order valence-electron chi connectivity index (χ0n) is 4.11. The molecular weight excluding hydrogens is 205 g/mol. The second-order valence-electron chi connectivity index (χ2n) is 1.08. The Labute approximate surface area is 56.5 Å². The van der Waals surface area contributed by atoms with E-state index < -0.39 is 3.79 Å². The molecule has 4 heteroatoms. The number of alkyl halides is 1.